The molecule has 1 saturated carbocycles. The molecule has 2 aromatic carbocycles. The smallest absolute Gasteiger partial charge is 0.416 e. The largest absolute Gasteiger partial charge is 0.508 e. The number of piperidine rings is 1. The Bertz CT molecular complexity index is 1300. The topological polar surface area (TPSA) is 53.0 Å². The van der Waals surface area contributed by atoms with E-state index in [9.17, 15) is 23.1 Å². The summed E-state index contributed by atoms with van der Waals surface area (Å²) in [4.78, 5) is 17.1. The van der Waals surface area contributed by atoms with Crippen LogP contribution >= 0.6 is 0 Å². The monoisotopic (exact) mass is 496 g/mol. The first-order valence-corrected chi connectivity index (χ1v) is 12.3. The van der Waals surface area contributed by atoms with Gasteiger partial charge in [0.1, 0.15) is 17.6 Å². The molecule has 5 atom stereocenters. The van der Waals surface area contributed by atoms with Gasteiger partial charge in [0.05, 0.1) is 11.6 Å². The molecule has 188 valence electrons. The Morgan fingerprint density at radius 2 is 1.94 bits per heavy atom. The van der Waals surface area contributed by atoms with Crippen LogP contribution in [-0.4, -0.2) is 59.6 Å². The minimum atomic E-state index is -4.41. The molecule has 2 bridgehead atoms. The first kappa shape index (κ1) is 23.2. The summed E-state index contributed by atoms with van der Waals surface area (Å²) in [5.41, 5.74) is 1.45. The van der Waals surface area contributed by atoms with Gasteiger partial charge in [-0.05, 0) is 81.6 Å². The van der Waals surface area contributed by atoms with Gasteiger partial charge in [-0.1, -0.05) is 5.92 Å². The van der Waals surface area contributed by atoms with Crippen molar-refractivity contribution in [1.29, 1.82) is 0 Å². The molecule has 2 aliphatic carbocycles. The maximum Gasteiger partial charge on any atom is 0.416 e. The molecule has 0 aromatic heterocycles. The van der Waals surface area contributed by atoms with Crippen molar-refractivity contribution in [3.8, 4) is 23.3 Å². The number of benzene rings is 2. The highest BCUT2D eigenvalue weighted by molar-refractivity contribution is 5.94. The van der Waals surface area contributed by atoms with E-state index in [2.05, 4.69) is 23.8 Å². The molecule has 2 aromatic rings. The van der Waals surface area contributed by atoms with Crippen molar-refractivity contribution < 1.29 is 27.8 Å². The van der Waals surface area contributed by atoms with Crippen molar-refractivity contribution >= 4 is 5.91 Å². The number of hydrogen-bond acceptors (Lipinski definition) is 4. The molecule has 4 aliphatic rings. The third-order valence-corrected chi connectivity index (χ3v) is 8.93. The van der Waals surface area contributed by atoms with E-state index in [1.54, 1.807) is 18.0 Å². The number of ether oxygens (including phenoxy) is 1. The quantitative estimate of drug-likeness (QED) is 0.608. The number of carbonyl (C=O) groups excluding carboxylic acids is 1. The Morgan fingerprint density at radius 3 is 2.67 bits per heavy atom. The standard InChI is InChI=1S/C28H27F3N2O3/c1-32-14-13-27-19-8-9-20(26(27)36-23-11-10-22(34)18(25(23)27)15-21(19)32)33(2)24(35)12-5-16-3-6-17(7-4-16)28(29,30)31/h3-4,6-7,10-11,19-21,26,34H,8-9,13-15H2,1-2H3/t19-,20-,21+,26-,27-/m0/s1. The van der Waals surface area contributed by atoms with Crippen molar-refractivity contribution in [3.05, 3.63) is 58.7 Å². The first-order chi connectivity index (χ1) is 17.1. The molecule has 5 nitrogen and oxygen atoms in total. The highest BCUT2D eigenvalue weighted by Gasteiger charge is 2.66. The molecule has 1 saturated heterocycles. The van der Waals surface area contributed by atoms with Crippen molar-refractivity contribution in [2.45, 2.75) is 55.5 Å². The van der Waals surface area contributed by atoms with E-state index in [1.807, 2.05) is 6.07 Å². The molecule has 1 N–H and O–H groups in total. The van der Waals surface area contributed by atoms with Crippen molar-refractivity contribution in [1.82, 2.24) is 9.80 Å². The summed E-state index contributed by atoms with van der Waals surface area (Å²) in [6.45, 7) is 0.924. The lowest BCUT2D eigenvalue weighted by atomic mass is 9.51. The fourth-order valence-electron chi connectivity index (χ4n) is 7.23. The van der Waals surface area contributed by atoms with Crippen LogP contribution in [0.1, 0.15) is 41.5 Å². The van der Waals surface area contributed by atoms with Gasteiger partial charge < -0.3 is 19.6 Å². The second-order valence-corrected chi connectivity index (χ2v) is 10.5. The lowest BCUT2D eigenvalue weighted by molar-refractivity contribution is -0.137. The van der Waals surface area contributed by atoms with Gasteiger partial charge in [-0.2, -0.15) is 13.2 Å². The van der Waals surface area contributed by atoms with Gasteiger partial charge >= 0.3 is 6.18 Å². The Balaban J connectivity index is 1.30. The third kappa shape index (κ3) is 3.25. The highest BCUT2D eigenvalue weighted by atomic mass is 19.4. The van der Waals surface area contributed by atoms with Crippen LogP contribution in [-0.2, 0) is 22.8 Å². The van der Waals surface area contributed by atoms with E-state index in [0.717, 1.165) is 61.2 Å². The Hall–Kier alpha value is -3.18. The molecule has 0 radical (unpaired) electrons. The van der Waals surface area contributed by atoms with Gasteiger partial charge in [-0.25, -0.2) is 0 Å². The van der Waals surface area contributed by atoms with Crippen LogP contribution in [0.2, 0.25) is 0 Å². The van der Waals surface area contributed by atoms with Crippen molar-refractivity contribution in [2.75, 3.05) is 20.6 Å². The van der Waals surface area contributed by atoms with Crippen LogP contribution < -0.4 is 4.74 Å². The number of amides is 1. The molecule has 0 unspecified atom stereocenters. The second kappa shape index (κ2) is 7.91. The van der Waals surface area contributed by atoms with Crippen LogP contribution in [0.4, 0.5) is 13.2 Å². The molecule has 2 heterocycles. The van der Waals surface area contributed by atoms with Crippen LogP contribution in [0.25, 0.3) is 0 Å². The summed E-state index contributed by atoms with van der Waals surface area (Å²) in [6.07, 6.45) is -1.23. The summed E-state index contributed by atoms with van der Waals surface area (Å²) >= 11 is 0. The predicted octanol–water partition coefficient (Wildman–Crippen LogP) is 3.96. The summed E-state index contributed by atoms with van der Waals surface area (Å²) in [5.74, 6) is 6.44. The van der Waals surface area contributed by atoms with E-state index in [-0.39, 0.29) is 17.6 Å². The van der Waals surface area contributed by atoms with E-state index >= 15 is 0 Å². The van der Waals surface area contributed by atoms with Crippen molar-refractivity contribution in [3.63, 3.8) is 0 Å². The zero-order valence-corrected chi connectivity index (χ0v) is 20.1. The zero-order chi connectivity index (χ0) is 25.4. The number of halogens is 3. The van der Waals surface area contributed by atoms with Gasteiger partial charge in [0.2, 0.25) is 0 Å². The van der Waals surface area contributed by atoms with Gasteiger partial charge in [-0.15, -0.1) is 0 Å². The van der Waals surface area contributed by atoms with Gasteiger partial charge in [0.25, 0.3) is 5.91 Å². The normalized spacial score (nSPS) is 30.0. The number of rotatable bonds is 1. The third-order valence-electron chi connectivity index (χ3n) is 8.93. The second-order valence-electron chi connectivity index (χ2n) is 10.5. The van der Waals surface area contributed by atoms with E-state index in [1.165, 1.54) is 12.1 Å². The Kier molecular flexibility index (Phi) is 5.10. The zero-order valence-electron chi connectivity index (χ0n) is 20.1. The average molecular weight is 497 g/mol. The number of phenols is 1. The summed E-state index contributed by atoms with van der Waals surface area (Å²) < 4.78 is 45.0. The number of carbonyl (C=O) groups is 1. The molecule has 1 spiro atoms. The minimum absolute atomic E-state index is 0.194. The maximum absolute atomic E-state index is 13.1. The van der Waals surface area contributed by atoms with E-state index < -0.39 is 17.6 Å². The number of likely N-dealkylation sites (N-methyl/N-ethyl adjacent to an activating group) is 2. The fraction of sp³-hybridized carbons (Fsp3) is 0.464. The predicted molar refractivity (Wildman–Crippen MR) is 127 cm³/mol. The number of aromatic hydroxyl groups is 1. The molecule has 8 heteroatoms. The number of likely N-dealkylation sites (tertiary alicyclic amines) is 1. The first-order valence-electron chi connectivity index (χ1n) is 12.3. The van der Waals surface area contributed by atoms with Gasteiger partial charge in [0, 0.05) is 41.1 Å². The lowest BCUT2D eigenvalue weighted by Gasteiger charge is -2.59. The molecule has 6 rings (SSSR count). The van der Waals surface area contributed by atoms with Crippen LogP contribution in [0.15, 0.2) is 36.4 Å². The average Bonchev–Trinajstić information content (AvgIpc) is 3.19. The number of nitrogens with zero attached hydrogens (tertiary/aromatic N) is 2. The molecular weight excluding hydrogens is 469 g/mol. The highest BCUT2D eigenvalue weighted by Crippen LogP contribution is 2.63. The van der Waals surface area contributed by atoms with E-state index in [4.69, 9.17) is 4.74 Å². The minimum Gasteiger partial charge on any atom is -0.508 e. The van der Waals surface area contributed by atoms with Crippen molar-refractivity contribution in [2.24, 2.45) is 5.92 Å². The molecule has 2 fully saturated rings. The number of alkyl halides is 3. The van der Waals surface area contributed by atoms with Crippen LogP contribution in [0, 0.1) is 17.8 Å². The van der Waals surface area contributed by atoms with Crippen LogP contribution in [0.3, 0.4) is 0 Å². The van der Waals surface area contributed by atoms with Crippen LogP contribution in [0.5, 0.6) is 11.5 Å². The van der Waals surface area contributed by atoms with Gasteiger partial charge in [-0.3, -0.25) is 4.79 Å². The Morgan fingerprint density at radius 1 is 1.19 bits per heavy atom. The molecule has 36 heavy (non-hydrogen) atoms. The van der Waals surface area contributed by atoms with Gasteiger partial charge in [0.15, 0.2) is 0 Å². The summed E-state index contributed by atoms with van der Waals surface area (Å²) in [6, 6.07) is 8.16. The Labute approximate surface area is 207 Å². The number of hydrogen-bond donors (Lipinski definition) is 1. The number of phenolic OH excluding ortho intramolecular Hbond substituents is 1. The fourth-order valence-corrected chi connectivity index (χ4v) is 7.23. The summed E-state index contributed by atoms with van der Waals surface area (Å²) in [7, 11) is 3.87. The summed E-state index contributed by atoms with van der Waals surface area (Å²) in [5, 5.41) is 10.7. The SMILES string of the molecule is CN1CC[C@@]23c4c5ccc(O)c4C[C@@H]1[C@@H]2CC[C@H](N(C)C(=O)C#Cc1ccc(C(F)(F)F)cc1)[C@@H]3O5. The molecule has 1 amide bonds. The molecule has 2 aliphatic heterocycles. The molecular formula is C28H27F3N2O3. The maximum atomic E-state index is 13.1. The lowest BCUT2D eigenvalue weighted by Crippen LogP contribution is -2.68. The van der Waals surface area contributed by atoms with E-state index in [0.29, 0.717) is 23.3 Å².